The molecule has 0 radical (unpaired) electrons. The SMILES string of the molecule is O=C(Nc1cc(-c2cccc(NCc3ccc(F)cc3)c2)c(Cl)cn1)C1CCCNC1. The first-order chi connectivity index (χ1) is 15.1. The molecule has 1 fully saturated rings. The van der Waals surface area contributed by atoms with Crippen LogP contribution in [0.1, 0.15) is 18.4 Å². The molecule has 3 N–H and O–H groups in total. The van der Waals surface area contributed by atoms with E-state index in [9.17, 15) is 9.18 Å². The van der Waals surface area contributed by atoms with Gasteiger partial charge in [-0.15, -0.1) is 0 Å². The molecule has 2 aromatic carbocycles. The first-order valence-corrected chi connectivity index (χ1v) is 10.7. The van der Waals surface area contributed by atoms with E-state index in [0.29, 0.717) is 23.9 Å². The minimum Gasteiger partial charge on any atom is -0.381 e. The number of benzene rings is 2. The summed E-state index contributed by atoms with van der Waals surface area (Å²) in [5, 5.41) is 10.0. The highest BCUT2D eigenvalue weighted by molar-refractivity contribution is 6.33. The molecule has 1 atom stereocenters. The summed E-state index contributed by atoms with van der Waals surface area (Å²) in [5.41, 5.74) is 3.59. The molecule has 0 saturated carbocycles. The zero-order valence-corrected chi connectivity index (χ0v) is 17.8. The number of aromatic nitrogens is 1. The number of nitrogens with zero attached hydrogens (tertiary/aromatic N) is 1. The fourth-order valence-corrected chi connectivity index (χ4v) is 3.85. The van der Waals surface area contributed by atoms with Crippen molar-refractivity contribution in [3.63, 3.8) is 0 Å². The zero-order valence-electron chi connectivity index (χ0n) is 17.0. The second kappa shape index (κ2) is 9.90. The molecule has 1 aliphatic heterocycles. The topological polar surface area (TPSA) is 66.0 Å². The maximum absolute atomic E-state index is 13.1. The Morgan fingerprint density at radius 1 is 1.19 bits per heavy atom. The number of nitrogens with one attached hydrogen (secondary N) is 3. The third-order valence-electron chi connectivity index (χ3n) is 5.36. The van der Waals surface area contributed by atoms with Crippen molar-refractivity contribution in [2.75, 3.05) is 23.7 Å². The molecule has 1 amide bonds. The van der Waals surface area contributed by atoms with Gasteiger partial charge in [-0.25, -0.2) is 9.37 Å². The summed E-state index contributed by atoms with van der Waals surface area (Å²) in [4.78, 5) is 16.8. The smallest absolute Gasteiger partial charge is 0.229 e. The van der Waals surface area contributed by atoms with Gasteiger partial charge in [0, 0.05) is 30.5 Å². The standard InChI is InChI=1S/C24H24ClFN4O/c25-22-15-29-23(30-24(31)18-4-2-10-27-14-18)12-21(22)17-3-1-5-20(11-17)28-13-16-6-8-19(26)9-7-16/h1,3,5-9,11-12,15,18,27-28H,2,4,10,13-14H2,(H,29,30,31). The van der Waals surface area contributed by atoms with E-state index < -0.39 is 0 Å². The van der Waals surface area contributed by atoms with Crippen LogP contribution in [-0.4, -0.2) is 24.0 Å². The maximum atomic E-state index is 13.1. The molecule has 2 heterocycles. The van der Waals surface area contributed by atoms with Gasteiger partial charge in [-0.1, -0.05) is 35.9 Å². The van der Waals surface area contributed by atoms with Gasteiger partial charge in [-0.2, -0.15) is 0 Å². The average molecular weight is 439 g/mol. The fourth-order valence-electron chi connectivity index (χ4n) is 3.64. The Bertz CT molecular complexity index is 1050. The second-order valence-electron chi connectivity index (χ2n) is 7.64. The van der Waals surface area contributed by atoms with Crippen molar-refractivity contribution in [2.24, 2.45) is 5.92 Å². The molecule has 0 aliphatic carbocycles. The number of carbonyl (C=O) groups excluding carboxylic acids is 1. The Morgan fingerprint density at radius 3 is 2.81 bits per heavy atom. The summed E-state index contributed by atoms with van der Waals surface area (Å²) in [6.45, 7) is 2.22. The number of anilines is 2. The number of amides is 1. The van der Waals surface area contributed by atoms with Crippen molar-refractivity contribution < 1.29 is 9.18 Å². The van der Waals surface area contributed by atoms with E-state index in [1.165, 1.54) is 12.1 Å². The summed E-state index contributed by atoms with van der Waals surface area (Å²) in [7, 11) is 0. The second-order valence-corrected chi connectivity index (χ2v) is 8.05. The van der Waals surface area contributed by atoms with Crippen molar-refractivity contribution in [1.82, 2.24) is 10.3 Å². The largest absolute Gasteiger partial charge is 0.381 e. The van der Waals surface area contributed by atoms with Gasteiger partial charge in [-0.3, -0.25) is 4.79 Å². The van der Waals surface area contributed by atoms with Gasteiger partial charge in [0.1, 0.15) is 11.6 Å². The third-order valence-corrected chi connectivity index (χ3v) is 5.66. The Kier molecular flexibility index (Phi) is 6.79. The summed E-state index contributed by atoms with van der Waals surface area (Å²) in [5.74, 6) is 0.164. The normalized spacial score (nSPS) is 16.0. The zero-order chi connectivity index (χ0) is 21.6. The molecule has 31 heavy (non-hydrogen) atoms. The van der Waals surface area contributed by atoms with Crippen LogP contribution < -0.4 is 16.0 Å². The van der Waals surface area contributed by atoms with Crippen LogP contribution in [0, 0.1) is 11.7 Å². The van der Waals surface area contributed by atoms with E-state index in [0.717, 1.165) is 41.8 Å². The van der Waals surface area contributed by atoms with Crippen molar-refractivity contribution in [3.05, 3.63) is 77.2 Å². The highest BCUT2D eigenvalue weighted by atomic mass is 35.5. The molecule has 4 rings (SSSR count). The van der Waals surface area contributed by atoms with Crippen LogP contribution >= 0.6 is 11.6 Å². The van der Waals surface area contributed by atoms with Crippen LogP contribution in [-0.2, 0) is 11.3 Å². The first kappa shape index (κ1) is 21.3. The summed E-state index contributed by atoms with van der Waals surface area (Å²) in [6, 6.07) is 16.0. The van der Waals surface area contributed by atoms with Crippen molar-refractivity contribution in [2.45, 2.75) is 19.4 Å². The van der Waals surface area contributed by atoms with Gasteiger partial charge in [0.15, 0.2) is 0 Å². The number of carbonyl (C=O) groups is 1. The minimum atomic E-state index is -0.249. The molecule has 1 aromatic heterocycles. The molecular formula is C24H24ClFN4O. The Labute approximate surface area is 186 Å². The molecule has 1 saturated heterocycles. The van der Waals surface area contributed by atoms with E-state index in [2.05, 4.69) is 20.9 Å². The molecule has 1 aliphatic rings. The molecule has 1 unspecified atom stereocenters. The minimum absolute atomic E-state index is 0.0253. The number of hydrogen-bond acceptors (Lipinski definition) is 4. The highest BCUT2D eigenvalue weighted by Crippen LogP contribution is 2.31. The number of rotatable bonds is 6. The number of pyridine rings is 1. The average Bonchev–Trinajstić information content (AvgIpc) is 2.81. The Balaban J connectivity index is 1.48. The van der Waals surface area contributed by atoms with E-state index >= 15 is 0 Å². The van der Waals surface area contributed by atoms with Gasteiger partial charge in [-0.05, 0) is 60.8 Å². The third kappa shape index (κ3) is 5.60. The van der Waals surface area contributed by atoms with E-state index in [4.69, 9.17) is 11.6 Å². The lowest BCUT2D eigenvalue weighted by atomic mass is 9.99. The predicted molar refractivity (Wildman–Crippen MR) is 123 cm³/mol. The predicted octanol–water partition coefficient (Wildman–Crippen LogP) is 5.09. The van der Waals surface area contributed by atoms with Crippen LogP contribution in [0.3, 0.4) is 0 Å². The Morgan fingerprint density at radius 2 is 2.03 bits per heavy atom. The van der Waals surface area contributed by atoms with Crippen LogP contribution in [0.4, 0.5) is 15.9 Å². The van der Waals surface area contributed by atoms with Gasteiger partial charge in [0.05, 0.1) is 10.9 Å². The fraction of sp³-hybridized carbons (Fsp3) is 0.250. The number of hydrogen-bond donors (Lipinski definition) is 3. The van der Waals surface area contributed by atoms with Crippen LogP contribution in [0.5, 0.6) is 0 Å². The van der Waals surface area contributed by atoms with Crippen LogP contribution in [0.25, 0.3) is 11.1 Å². The van der Waals surface area contributed by atoms with Crippen LogP contribution in [0.2, 0.25) is 5.02 Å². The number of piperidine rings is 1. The molecule has 0 spiro atoms. The van der Waals surface area contributed by atoms with E-state index in [1.54, 1.807) is 24.4 Å². The monoisotopic (exact) mass is 438 g/mol. The lowest BCUT2D eigenvalue weighted by Crippen LogP contribution is -2.37. The van der Waals surface area contributed by atoms with Gasteiger partial charge < -0.3 is 16.0 Å². The lowest BCUT2D eigenvalue weighted by molar-refractivity contribution is -0.120. The molecule has 7 heteroatoms. The lowest BCUT2D eigenvalue weighted by Gasteiger charge is -2.21. The summed E-state index contributed by atoms with van der Waals surface area (Å²) >= 11 is 6.41. The summed E-state index contributed by atoms with van der Waals surface area (Å²) < 4.78 is 13.1. The summed E-state index contributed by atoms with van der Waals surface area (Å²) in [6.07, 6.45) is 3.43. The van der Waals surface area contributed by atoms with Crippen molar-refractivity contribution in [1.29, 1.82) is 0 Å². The van der Waals surface area contributed by atoms with Crippen molar-refractivity contribution >= 4 is 29.0 Å². The Hall–Kier alpha value is -2.96. The van der Waals surface area contributed by atoms with E-state index in [1.807, 2.05) is 24.3 Å². The van der Waals surface area contributed by atoms with Crippen LogP contribution in [0.15, 0.2) is 60.8 Å². The highest BCUT2D eigenvalue weighted by Gasteiger charge is 2.21. The maximum Gasteiger partial charge on any atom is 0.229 e. The van der Waals surface area contributed by atoms with Crippen molar-refractivity contribution in [3.8, 4) is 11.1 Å². The number of halogens is 2. The molecule has 160 valence electrons. The molecule has 5 nitrogen and oxygen atoms in total. The van der Waals surface area contributed by atoms with E-state index in [-0.39, 0.29) is 17.6 Å². The van der Waals surface area contributed by atoms with Gasteiger partial charge >= 0.3 is 0 Å². The van der Waals surface area contributed by atoms with Gasteiger partial charge in [0.25, 0.3) is 0 Å². The first-order valence-electron chi connectivity index (χ1n) is 10.3. The van der Waals surface area contributed by atoms with Gasteiger partial charge in [0.2, 0.25) is 5.91 Å². The molecule has 0 bridgehead atoms. The molecule has 3 aromatic rings. The molecular weight excluding hydrogens is 415 g/mol. The quantitative estimate of drug-likeness (QED) is 0.501.